The zero-order valence-corrected chi connectivity index (χ0v) is 20.1. The first-order valence-electron chi connectivity index (χ1n) is 11.0. The number of methoxy groups -OCH3 is 1. The second-order valence-corrected chi connectivity index (χ2v) is 9.00. The molecule has 7 nitrogen and oxygen atoms in total. The highest BCUT2D eigenvalue weighted by molar-refractivity contribution is 9.10. The summed E-state index contributed by atoms with van der Waals surface area (Å²) < 4.78 is 11.5. The summed E-state index contributed by atoms with van der Waals surface area (Å²) in [5, 5.41) is 11.2. The number of ketones is 1. The van der Waals surface area contributed by atoms with E-state index in [1.165, 1.54) is 7.11 Å². The topological polar surface area (TPSA) is 79.3 Å². The third-order valence-corrected chi connectivity index (χ3v) is 6.52. The quantitative estimate of drug-likeness (QED) is 0.345. The Morgan fingerprint density at radius 2 is 1.88 bits per heavy atom. The number of aliphatic hydroxyl groups is 1. The molecule has 2 aromatic rings. The number of benzene rings is 2. The Morgan fingerprint density at radius 1 is 1.12 bits per heavy atom. The van der Waals surface area contributed by atoms with Crippen LogP contribution < -0.4 is 4.74 Å². The van der Waals surface area contributed by atoms with Crippen LogP contribution in [0.3, 0.4) is 0 Å². The molecule has 33 heavy (non-hydrogen) atoms. The van der Waals surface area contributed by atoms with Gasteiger partial charge < -0.3 is 19.5 Å². The summed E-state index contributed by atoms with van der Waals surface area (Å²) in [6, 6.07) is 13.7. The van der Waals surface area contributed by atoms with E-state index in [0.29, 0.717) is 31.1 Å². The first-order chi connectivity index (χ1) is 16.0. The third kappa shape index (κ3) is 5.13. The van der Waals surface area contributed by atoms with E-state index in [1.54, 1.807) is 29.2 Å². The SMILES string of the molecule is COc1cccc(/C(O)=C2\C(=O)C(=O)N(CCCN3CCOCC3)[C@H]2c2cccc(Br)c2)c1. The molecule has 1 amide bonds. The molecule has 2 aliphatic heterocycles. The van der Waals surface area contributed by atoms with Gasteiger partial charge in [0.15, 0.2) is 0 Å². The Morgan fingerprint density at radius 3 is 2.61 bits per heavy atom. The van der Waals surface area contributed by atoms with Crippen LogP contribution in [0.25, 0.3) is 5.76 Å². The predicted molar refractivity (Wildman–Crippen MR) is 128 cm³/mol. The summed E-state index contributed by atoms with van der Waals surface area (Å²) in [5.41, 5.74) is 1.29. The molecule has 0 unspecified atom stereocenters. The average molecular weight is 515 g/mol. The van der Waals surface area contributed by atoms with Gasteiger partial charge in [-0.3, -0.25) is 14.5 Å². The van der Waals surface area contributed by atoms with E-state index in [2.05, 4.69) is 20.8 Å². The zero-order chi connectivity index (χ0) is 23.4. The molecule has 0 aliphatic carbocycles. The Bertz CT molecular complexity index is 1060. The number of nitrogens with zero attached hydrogens (tertiary/aromatic N) is 2. The average Bonchev–Trinajstić information content (AvgIpc) is 3.09. The highest BCUT2D eigenvalue weighted by Gasteiger charge is 2.45. The maximum atomic E-state index is 13.1. The van der Waals surface area contributed by atoms with Crippen molar-refractivity contribution in [2.24, 2.45) is 0 Å². The first-order valence-corrected chi connectivity index (χ1v) is 11.8. The molecule has 174 valence electrons. The molecule has 0 bridgehead atoms. The smallest absolute Gasteiger partial charge is 0.295 e. The van der Waals surface area contributed by atoms with E-state index in [9.17, 15) is 14.7 Å². The number of hydrogen-bond donors (Lipinski definition) is 1. The Labute approximate surface area is 201 Å². The lowest BCUT2D eigenvalue weighted by Gasteiger charge is -2.29. The van der Waals surface area contributed by atoms with Crippen LogP contribution in [0.4, 0.5) is 0 Å². The molecular weight excluding hydrogens is 488 g/mol. The van der Waals surface area contributed by atoms with Gasteiger partial charge in [0.1, 0.15) is 11.5 Å². The van der Waals surface area contributed by atoms with Crippen molar-refractivity contribution >= 4 is 33.4 Å². The Kier molecular flexibility index (Phi) is 7.47. The lowest BCUT2D eigenvalue weighted by molar-refractivity contribution is -0.140. The van der Waals surface area contributed by atoms with Gasteiger partial charge in [-0.25, -0.2) is 0 Å². The Balaban J connectivity index is 1.68. The van der Waals surface area contributed by atoms with Gasteiger partial charge in [-0.2, -0.15) is 0 Å². The number of aliphatic hydroxyl groups excluding tert-OH is 1. The van der Waals surface area contributed by atoms with E-state index in [4.69, 9.17) is 9.47 Å². The monoisotopic (exact) mass is 514 g/mol. The number of hydrogen-bond acceptors (Lipinski definition) is 6. The van der Waals surface area contributed by atoms with Gasteiger partial charge in [0.05, 0.1) is 31.9 Å². The highest BCUT2D eigenvalue weighted by atomic mass is 79.9. The number of rotatable bonds is 7. The summed E-state index contributed by atoms with van der Waals surface area (Å²) in [4.78, 5) is 30.1. The summed E-state index contributed by atoms with van der Waals surface area (Å²) in [5.74, 6) is -0.913. The fourth-order valence-corrected chi connectivity index (χ4v) is 4.77. The lowest BCUT2D eigenvalue weighted by Crippen LogP contribution is -2.38. The van der Waals surface area contributed by atoms with Gasteiger partial charge in [-0.15, -0.1) is 0 Å². The molecule has 2 aliphatic rings. The van der Waals surface area contributed by atoms with E-state index >= 15 is 0 Å². The van der Waals surface area contributed by atoms with Gasteiger partial charge in [-0.1, -0.05) is 40.2 Å². The van der Waals surface area contributed by atoms with Crippen LogP contribution in [0, 0.1) is 0 Å². The first kappa shape index (κ1) is 23.5. The molecule has 0 spiro atoms. The Hall–Kier alpha value is -2.68. The van der Waals surface area contributed by atoms with Crippen molar-refractivity contribution in [3.8, 4) is 5.75 Å². The second-order valence-electron chi connectivity index (χ2n) is 8.09. The number of carbonyl (C=O) groups excluding carboxylic acids is 2. The van der Waals surface area contributed by atoms with E-state index < -0.39 is 17.7 Å². The van der Waals surface area contributed by atoms with E-state index in [-0.39, 0.29) is 11.3 Å². The lowest BCUT2D eigenvalue weighted by atomic mass is 9.95. The molecule has 2 heterocycles. The van der Waals surface area contributed by atoms with Gasteiger partial charge >= 0.3 is 0 Å². The van der Waals surface area contributed by atoms with Crippen LogP contribution in [0.2, 0.25) is 0 Å². The molecule has 4 rings (SSSR count). The van der Waals surface area contributed by atoms with Crippen LogP contribution in [0.15, 0.2) is 58.6 Å². The van der Waals surface area contributed by atoms with Crippen LogP contribution in [0.5, 0.6) is 5.75 Å². The minimum Gasteiger partial charge on any atom is -0.507 e. The minimum absolute atomic E-state index is 0.0951. The highest BCUT2D eigenvalue weighted by Crippen LogP contribution is 2.40. The predicted octanol–water partition coefficient (Wildman–Crippen LogP) is 3.60. The van der Waals surface area contributed by atoms with E-state index in [1.807, 2.05) is 24.3 Å². The molecule has 0 saturated carbocycles. The number of Topliss-reactive ketones (excluding diaryl/α,β-unsaturated/α-hetero) is 1. The van der Waals surface area contributed by atoms with Crippen molar-refractivity contribution in [1.29, 1.82) is 0 Å². The van der Waals surface area contributed by atoms with E-state index in [0.717, 1.165) is 36.1 Å². The number of ether oxygens (including phenoxy) is 2. The molecule has 8 heteroatoms. The summed E-state index contributed by atoms with van der Waals surface area (Å²) in [7, 11) is 1.54. The molecule has 0 radical (unpaired) electrons. The van der Waals surface area contributed by atoms with Gasteiger partial charge in [0, 0.05) is 36.2 Å². The molecule has 1 N–H and O–H groups in total. The van der Waals surface area contributed by atoms with Crippen LogP contribution in [-0.2, 0) is 14.3 Å². The van der Waals surface area contributed by atoms with Gasteiger partial charge in [0.25, 0.3) is 11.7 Å². The van der Waals surface area contributed by atoms with Gasteiger partial charge in [0.2, 0.25) is 0 Å². The maximum Gasteiger partial charge on any atom is 0.295 e. The second kappa shape index (κ2) is 10.5. The largest absolute Gasteiger partial charge is 0.507 e. The van der Waals surface area contributed by atoms with Crippen molar-refractivity contribution in [2.75, 3.05) is 46.5 Å². The minimum atomic E-state index is -0.674. The summed E-state index contributed by atoms with van der Waals surface area (Å²) in [6.45, 7) is 4.38. The van der Waals surface area contributed by atoms with Crippen molar-refractivity contribution in [2.45, 2.75) is 12.5 Å². The standard InChI is InChI=1S/C25H27BrN2O5/c1-32-20-8-3-6-18(16-20)23(29)21-22(17-5-2-7-19(26)15-17)28(25(31)24(21)30)10-4-9-27-11-13-33-14-12-27/h2-3,5-8,15-16,22,29H,4,9-14H2,1H3/b23-21+/t22-/m0/s1. The van der Waals surface area contributed by atoms with Crippen LogP contribution in [0.1, 0.15) is 23.6 Å². The number of likely N-dealkylation sites (tertiary alicyclic amines) is 1. The zero-order valence-electron chi connectivity index (χ0n) is 18.5. The third-order valence-electron chi connectivity index (χ3n) is 6.02. The van der Waals surface area contributed by atoms with Crippen molar-refractivity contribution in [1.82, 2.24) is 9.80 Å². The fraction of sp³-hybridized carbons (Fsp3) is 0.360. The molecule has 2 aromatic carbocycles. The summed E-state index contributed by atoms with van der Waals surface area (Å²) >= 11 is 3.48. The molecule has 2 fully saturated rings. The van der Waals surface area contributed by atoms with Crippen molar-refractivity contribution in [3.05, 3.63) is 69.7 Å². The van der Waals surface area contributed by atoms with Crippen LogP contribution in [-0.4, -0.2) is 73.1 Å². The maximum absolute atomic E-state index is 13.1. The normalized spacial score (nSPS) is 20.9. The van der Waals surface area contributed by atoms with Gasteiger partial charge in [-0.05, 0) is 36.2 Å². The van der Waals surface area contributed by atoms with Crippen molar-refractivity contribution in [3.63, 3.8) is 0 Å². The van der Waals surface area contributed by atoms with Crippen molar-refractivity contribution < 1.29 is 24.2 Å². The summed E-state index contributed by atoms with van der Waals surface area (Å²) in [6.07, 6.45) is 0.719. The molecule has 1 atom stereocenters. The molecular formula is C25H27BrN2O5. The number of morpholine rings is 1. The molecule has 0 aromatic heterocycles. The number of amides is 1. The fourth-order valence-electron chi connectivity index (χ4n) is 4.35. The van der Waals surface area contributed by atoms with Crippen LogP contribution >= 0.6 is 15.9 Å². The molecule has 2 saturated heterocycles. The number of carbonyl (C=O) groups is 2. The number of halogens is 1.